The van der Waals surface area contributed by atoms with Gasteiger partial charge in [-0.25, -0.2) is 4.79 Å². The molecule has 6 aromatic carbocycles. The van der Waals surface area contributed by atoms with E-state index < -0.39 is 249 Å². The summed E-state index contributed by atoms with van der Waals surface area (Å²) in [7, 11) is 0. The number of ether oxygens (including phenoxy) is 6. The zero-order chi connectivity index (χ0) is 86.1. The lowest BCUT2D eigenvalue weighted by Crippen LogP contribution is -2.65. The zero-order valence-corrected chi connectivity index (χ0v) is 67.4. The van der Waals surface area contributed by atoms with Gasteiger partial charge in [-0.2, -0.15) is 0 Å². The number of pyridine rings is 1. The Morgan fingerprint density at radius 2 is 1.36 bits per heavy atom. The lowest BCUT2D eigenvalue weighted by molar-refractivity contribution is -0.334. The molecule has 8 heterocycles. The molecule has 2 fully saturated rings. The molecule has 0 aliphatic carbocycles. The van der Waals surface area contributed by atoms with Crippen LogP contribution in [0, 0.1) is 17.8 Å². The van der Waals surface area contributed by atoms with Crippen molar-refractivity contribution < 1.29 is 123 Å². The highest BCUT2D eigenvalue weighted by Gasteiger charge is 2.52. The number of aromatic nitrogens is 1. The number of nitrogens with two attached hydrogens (primary N) is 1. The number of carbonyl (C=O) groups is 9. The summed E-state index contributed by atoms with van der Waals surface area (Å²) >= 11 is 26.8. The van der Waals surface area contributed by atoms with Gasteiger partial charge in [0, 0.05) is 101 Å². The Balaban J connectivity index is 1.02. The SMILES string of the molecule is CC[C@H](CC(C)C)C(=O)N[C@H]1C(=O)C[C@@H](CC(N)=O)C(=O)NC2C(=O)C[C@H]3C(=O)N[C@H](C(=O)N[C@@H](C(=O)O)c4cc(O)cc(O)c4-c4cc3ccc4O)[C@H](O)c3ccc(c(Cl)c3)Oc3cc2cc(c3OC2O[C@H](CO)[C@@H](O)[C@@H](O)[C@@H]2O[C@@H]2C[C@](C)(NCc3cncc(C(=O)Cc4cc(Cl)cc(Cl)c4)c3)[C@H](O)[C@H](C)O2)Oc2ccc(cc2Cl)[C@H]1O. The van der Waals surface area contributed by atoms with Gasteiger partial charge in [-0.05, 0) is 145 Å². The molecule has 7 aliphatic rings. The van der Waals surface area contributed by atoms with E-state index in [1.54, 1.807) is 32.0 Å². The van der Waals surface area contributed by atoms with Gasteiger partial charge < -0.3 is 112 Å². The monoisotopic (exact) mass is 1720 g/mol. The number of nitrogens with zero attached hydrogens (tertiary/aromatic N) is 1. The summed E-state index contributed by atoms with van der Waals surface area (Å²) in [5.74, 6) is -19.7. The lowest BCUT2D eigenvalue weighted by atomic mass is 9.84. The highest BCUT2D eigenvalue weighted by atomic mass is 35.5. The normalized spacial score (nSPS) is 26.8. The van der Waals surface area contributed by atoms with E-state index >= 15 is 19.2 Å². The third-order valence-electron chi connectivity index (χ3n) is 21.7. The molecule has 11 bridgehead atoms. The number of hydrogen-bond donors (Lipinski definition) is 16. The number of benzene rings is 6. The third-order valence-corrected chi connectivity index (χ3v) is 22.7. The van der Waals surface area contributed by atoms with Crippen molar-refractivity contribution >= 4 is 99.3 Å². The van der Waals surface area contributed by atoms with E-state index in [0.717, 1.165) is 60.7 Å². The Bertz CT molecular complexity index is 5100. The molecule has 17 N–H and O–H groups in total. The summed E-state index contributed by atoms with van der Waals surface area (Å²) in [6.45, 7) is 7.64. The maximum Gasteiger partial charge on any atom is 0.330 e. The summed E-state index contributed by atoms with van der Waals surface area (Å²) in [5, 5.41) is 130. The van der Waals surface area contributed by atoms with Gasteiger partial charge in [-0.1, -0.05) is 85.4 Å². The molecular weight excluding hydrogens is 1640 g/mol. The fourth-order valence-corrected chi connectivity index (χ4v) is 16.4. The van der Waals surface area contributed by atoms with Crippen LogP contribution < -0.4 is 46.5 Å². The van der Waals surface area contributed by atoms with Crippen LogP contribution >= 0.6 is 46.4 Å². The van der Waals surface area contributed by atoms with Crippen LogP contribution in [0.25, 0.3) is 11.1 Å². The van der Waals surface area contributed by atoms with E-state index in [-0.39, 0.29) is 70.5 Å². The predicted octanol–water partition coefficient (Wildman–Crippen LogP) is 7.48. The lowest BCUT2D eigenvalue weighted by Gasteiger charge is -2.48. The number of rotatable bonds is 19. The van der Waals surface area contributed by atoms with Gasteiger partial charge in [0.1, 0.15) is 77.4 Å². The van der Waals surface area contributed by atoms with Crippen molar-refractivity contribution in [2.75, 3.05) is 6.61 Å². The van der Waals surface area contributed by atoms with Crippen LogP contribution in [-0.2, 0) is 65.5 Å². The van der Waals surface area contributed by atoms with E-state index in [2.05, 4.69) is 31.6 Å². The average Bonchev–Trinajstić information content (AvgIpc) is 0.766. The first-order chi connectivity index (χ1) is 56.4. The summed E-state index contributed by atoms with van der Waals surface area (Å²) < 4.78 is 39.6. The molecule has 632 valence electrons. The second-order valence-electron chi connectivity index (χ2n) is 30.8. The first-order valence-electron chi connectivity index (χ1n) is 38.0. The number of carboxylic acids is 1. The van der Waals surface area contributed by atoms with Crippen LogP contribution in [0.4, 0.5) is 0 Å². The standard InChI is InChI=1S/C83H87Cl4N7O25/c1-6-38(13-34(2)3)77(108)93-68-56(100)21-43(24-63(88)102)78(109)91-66-42-22-60(115-58-11-8-40(70(68)103)19-51(58)86)74(119-82-75(73(106)72(105)62(33-95)117-82)118-64-29-83(5,76(107)35(4)114-64)90-31-37-14-44(32-89-30-37)54(98)17-36-15-45(84)25-46(85)16-36)61(23-42)116-59-12-9-41(20-52(59)87)71(104)69-80(111)92-67(81(112)113)50-26-47(96)27-55(99)65(50)49-18-39(7-10-53(49)97)48(28-57(66)101)79(110)94-69/h7-12,14-16,18-20,22-23,25-27,30,32,34-35,38,43,48,62,64,66-73,75-76,82,90,95-97,99,103-107H,6,13,17,21,24,28-29,31,33H2,1-5H3,(H2,88,102)(H,91,109)(H,92,111)(H,93,108)(H,94,110)(H,112,113)/t35-,38+,43-,48+,62+,64+,66?,67+,68-,69-,70+,71+,72+,73+,75-,76+,82?,83-/m0/s1. The number of carbonyl (C=O) groups excluding carboxylic acids is 8. The molecule has 119 heavy (non-hydrogen) atoms. The fraction of sp³-hybridized carbons (Fsp3) is 0.398. The van der Waals surface area contributed by atoms with Crippen LogP contribution in [0.15, 0.2) is 116 Å². The van der Waals surface area contributed by atoms with Crippen LogP contribution in [0.1, 0.15) is 153 Å². The molecule has 2 unspecified atom stereocenters. The van der Waals surface area contributed by atoms with Crippen LogP contribution in [0.3, 0.4) is 0 Å². The molecule has 36 heteroatoms. The predicted molar refractivity (Wildman–Crippen MR) is 424 cm³/mol. The van der Waals surface area contributed by atoms with Gasteiger partial charge in [0.25, 0.3) is 0 Å². The smallest absolute Gasteiger partial charge is 0.330 e. The number of aliphatic hydroxyl groups excluding tert-OH is 6. The maximum atomic E-state index is 16.4. The van der Waals surface area contributed by atoms with E-state index in [4.69, 9.17) is 80.6 Å². The minimum atomic E-state index is -2.27. The quantitative estimate of drug-likeness (QED) is 0.0349. The Kier molecular flexibility index (Phi) is 27.3. The highest BCUT2D eigenvalue weighted by Crippen LogP contribution is 2.51. The number of Topliss-reactive ketones (excluding diaryl/α,β-unsaturated/α-hetero) is 3. The molecule has 18 atom stereocenters. The van der Waals surface area contributed by atoms with Crippen molar-refractivity contribution in [3.8, 4) is 57.1 Å². The van der Waals surface area contributed by atoms with Crippen molar-refractivity contribution in [3.63, 3.8) is 0 Å². The van der Waals surface area contributed by atoms with Crippen LogP contribution in [-0.4, -0.2) is 182 Å². The molecule has 1 aromatic heterocycles. The second-order valence-corrected chi connectivity index (χ2v) is 32.5. The number of halogens is 4. The van der Waals surface area contributed by atoms with E-state index in [1.165, 1.54) is 43.6 Å². The van der Waals surface area contributed by atoms with Gasteiger partial charge in [-0.3, -0.25) is 43.3 Å². The molecule has 0 saturated carbocycles. The van der Waals surface area contributed by atoms with Crippen molar-refractivity contribution in [1.29, 1.82) is 0 Å². The number of aliphatic hydroxyl groups is 6. The summed E-state index contributed by atoms with van der Waals surface area (Å²) in [5.41, 5.74) is 3.26. The summed E-state index contributed by atoms with van der Waals surface area (Å²) in [6, 6.07) is 11.8. The highest BCUT2D eigenvalue weighted by molar-refractivity contribution is 6.35. The number of aromatic hydroxyl groups is 3. The van der Waals surface area contributed by atoms with Crippen molar-refractivity contribution in [1.82, 2.24) is 31.6 Å². The van der Waals surface area contributed by atoms with Crippen molar-refractivity contribution in [2.24, 2.45) is 23.5 Å². The number of ketones is 3. The first kappa shape index (κ1) is 88.2. The topological polar surface area (TPSA) is 510 Å². The number of phenolic OH excluding ortho intramolecular Hbond substituents is 3. The summed E-state index contributed by atoms with van der Waals surface area (Å²) in [4.78, 5) is 137. The molecule has 2 saturated heterocycles. The number of amides is 5. The second kappa shape index (κ2) is 36.8. The van der Waals surface area contributed by atoms with Gasteiger partial charge in [0.2, 0.25) is 41.6 Å². The molecular formula is C83H87Cl4N7O25. The maximum absolute atomic E-state index is 16.4. The Labute approximate surface area is 700 Å². The number of aliphatic carboxylic acids is 1. The molecule has 0 radical (unpaired) electrons. The first-order valence-corrected chi connectivity index (χ1v) is 39.5. The van der Waals surface area contributed by atoms with E-state index in [9.17, 15) is 75.0 Å². The molecule has 7 aromatic rings. The summed E-state index contributed by atoms with van der Waals surface area (Å²) in [6.07, 6.45) is -17.8. The zero-order valence-electron chi connectivity index (χ0n) is 64.4. The number of nitrogens with one attached hydrogen (secondary N) is 5. The molecule has 7 aliphatic heterocycles. The third kappa shape index (κ3) is 19.7. The molecule has 32 nitrogen and oxygen atoms in total. The number of carboxylic acid groups (broad SMARTS) is 1. The average molecular weight is 1720 g/mol. The van der Waals surface area contributed by atoms with E-state index in [0.29, 0.717) is 27.6 Å². The molecule has 5 amide bonds. The molecule has 14 rings (SSSR count). The number of fused-ring (bicyclic) bond motifs is 15. The Morgan fingerprint density at radius 3 is 1.98 bits per heavy atom. The van der Waals surface area contributed by atoms with Crippen LogP contribution in [0.2, 0.25) is 20.1 Å². The largest absolute Gasteiger partial charge is 0.508 e. The van der Waals surface area contributed by atoms with Crippen molar-refractivity contribution in [3.05, 3.63) is 180 Å². The molecule has 0 spiro atoms. The Hall–Kier alpha value is -10.1. The number of primary amides is 1. The van der Waals surface area contributed by atoms with E-state index in [1.807, 2.05) is 13.8 Å². The van der Waals surface area contributed by atoms with Gasteiger partial charge >= 0.3 is 5.97 Å². The Morgan fingerprint density at radius 1 is 0.706 bits per heavy atom. The minimum absolute atomic E-state index is 0.0126. The van der Waals surface area contributed by atoms with Crippen LogP contribution in [0.5, 0.6) is 46.0 Å². The minimum Gasteiger partial charge on any atom is -0.508 e. The van der Waals surface area contributed by atoms with Gasteiger partial charge in [0.15, 0.2) is 47.3 Å². The number of phenols is 3. The van der Waals surface area contributed by atoms with Gasteiger partial charge in [-0.15, -0.1) is 0 Å². The van der Waals surface area contributed by atoms with Crippen molar-refractivity contribution in [2.45, 2.75) is 183 Å². The fourth-order valence-electron chi connectivity index (χ4n) is 15.4. The van der Waals surface area contributed by atoms with Gasteiger partial charge in [0.05, 0.1) is 40.7 Å². The number of hydrogen-bond acceptors (Lipinski definition) is 26.